The van der Waals surface area contributed by atoms with Gasteiger partial charge in [-0.05, 0) is 75.8 Å². The van der Waals surface area contributed by atoms with Crippen molar-refractivity contribution in [2.24, 2.45) is 7.05 Å². The zero-order valence-corrected chi connectivity index (χ0v) is 20.6. The predicted molar refractivity (Wildman–Crippen MR) is 133 cm³/mol. The molecule has 0 spiro atoms. The number of hydrogen-bond donors (Lipinski definition) is 1. The number of benzene rings is 1. The number of hydrogen-bond acceptors (Lipinski definition) is 3. The monoisotopic (exact) mass is 435 g/mol. The molecule has 1 N–H and O–H groups in total. The second kappa shape index (κ2) is 8.78. The molecule has 0 amide bonds. The molecule has 3 heterocycles. The molecular weight excluding hydrogens is 398 g/mol. The van der Waals surface area contributed by atoms with Crippen LogP contribution >= 0.6 is 0 Å². The summed E-state index contributed by atoms with van der Waals surface area (Å²) in [6.45, 7) is 15.1. The normalized spacial score (nSPS) is 15.9. The minimum atomic E-state index is 0.0626. The third-order valence-corrected chi connectivity index (χ3v) is 7.10. The number of nitrogens with one attached hydrogen (secondary N) is 1. The maximum atomic E-state index is 12.4. The van der Waals surface area contributed by atoms with E-state index in [2.05, 4.69) is 55.8 Å². The highest BCUT2D eigenvalue weighted by molar-refractivity contribution is 5.92. The number of fused-ring (bicyclic) bond motifs is 1. The van der Waals surface area contributed by atoms with Crippen molar-refractivity contribution in [1.29, 1.82) is 0 Å². The van der Waals surface area contributed by atoms with Crippen molar-refractivity contribution in [2.45, 2.75) is 72.4 Å². The number of aromatic nitrogens is 2. The van der Waals surface area contributed by atoms with Crippen LogP contribution in [0.4, 0.5) is 0 Å². The topological polar surface area (TPSA) is 50.3 Å². The molecule has 2 aromatic heterocycles. The van der Waals surface area contributed by atoms with Crippen molar-refractivity contribution in [2.75, 3.05) is 13.1 Å². The lowest BCUT2D eigenvalue weighted by Gasteiger charge is -2.34. The highest BCUT2D eigenvalue weighted by atomic mass is 16.5. The summed E-state index contributed by atoms with van der Waals surface area (Å²) in [7, 11) is 1.83. The number of likely N-dealkylation sites (tertiary alicyclic amines) is 1. The molecule has 32 heavy (non-hydrogen) atoms. The molecule has 5 heteroatoms. The molecule has 3 aromatic rings. The standard InChI is InChI=1S/C27H37N3O2/c1-16(2)25-22-14-21(32-20-10-12-30(13-11-20)17(3)4)8-9-24(22)28-26(25)23-15-29(7)27(31)19(6)18(23)5/h8-9,14-17,20,28H,10-13H2,1-7H3. The van der Waals surface area contributed by atoms with Crippen LogP contribution in [0.25, 0.3) is 22.2 Å². The molecular formula is C27H37N3O2. The lowest BCUT2D eigenvalue weighted by Crippen LogP contribution is -2.41. The SMILES string of the molecule is Cc1c(-c2[nH]c3ccc(OC4CCN(C(C)C)CC4)cc3c2C(C)C)cn(C)c(=O)c1C. The summed E-state index contributed by atoms with van der Waals surface area (Å²) in [5.74, 6) is 1.28. The van der Waals surface area contributed by atoms with Crippen molar-refractivity contribution >= 4 is 10.9 Å². The first-order chi connectivity index (χ1) is 15.2. The van der Waals surface area contributed by atoms with E-state index < -0.39 is 0 Å². The highest BCUT2D eigenvalue weighted by Gasteiger charge is 2.23. The Hall–Kier alpha value is -2.53. The van der Waals surface area contributed by atoms with Gasteiger partial charge in [-0.15, -0.1) is 0 Å². The Bertz CT molecular complexity index is 1180. The van der Waals surface area contributed by atoms with Crippen molar-refractivity contribution in [3.8, 4) is 17.0 Å². The zero-order chi connectivity index (χ0) is 23.2. The first-order valence-corrected chi connectivity index (χ1v) is 11.9. The van der Waals surface area contributed by atoms with Crippen LogP contribution in [0, 0.1) is 13.8 Å². The van der Waals surface area contributed by atoms with Crippen LogP contribution in [0.15, 0.2) is 29.2 Å². The summed E-state index contributed by atoms with van der Waals surface area (Å²) >= 11 is 0. The van der Waals surface area contributed by atoms with Gasteiger partial charge in [-0.2, -0.15) is 0 Å². The first-order valence-electron chi connectivity index (χ1n) is 11.9. The van der Waals surface area contributed by atoms with Crippen LogP contribution in [-0.2, 0) is 7.05 Å². The van der Waals surface area contributed by atoms with Gasteiger partial charge in [-0.3, -0.25) is 4.79 Å². The van der Waals surface area contributed by atoms with Crippen LogP contribution in [0.5, 0.6) is 5.75 Å². The second-order valence-corrected chi connectivity index (χ2v) is 9.93. The summed E-state index contributed by atoms with van der Waals surface area (Å²) < 4.78 is 8.12. The fourth-order valence-corrected chi connectivity index (χ4v) is 5.01. The maximum absolute atomic E-state index is 12.4. The Morgan fingerprint density at radius 3 is 2.38 bits per heavy atom. The Morgan fingerprint density at radius 2 is 1.75 bits per heavy atom. The predicted octanol–water partition coefficient (Wildman–Crippen LogP) is 5.53. The van der Waals surface area contributed by atoms with E-state index in [4.69, 9.17) is 4.74 Å². The number of ether oxygens (including phenoxy) is 1. The van der Waals surface area contributed by atoms with Gasteiger partial charge in [-0.1, -0.05) is 13.8 Å². The van der Waals surface area contributed by atoms with Gasteiger partial charge in [0.05, 0.1) is 5.69 Å². The first kappa shape index (κ1) is 22.7. The molecule has 1 aromatic carbocycles. The van der Waals surface area contributed by atoms with Gasteiger partial charge in [-0.25, -0.2) is 0 Å². The number of aryl methyl sites for hydroxylation is 1. The van der Waals surface area contributed by atoms with Gasteiger partial charge in [0, 0.05) is 54.4 Å². The number of piperidine rings is 1. The minimum absolute atomic E-state index is 0.0626. The van der Waals surface area contributed by atoms with Crippen molar-refractivity contribution in [3.63, 3.8) is 0 Å². The summed E-state index contributed by atoms with van der Waals surface area (Å²) in [5, 5.41) is 1.21. The molecule has 1 aliphatic rings. The fourth-order valence-electron chi connectivity index (χ4n) is 5.01. The van der Waals surface area contributed by atoms with E-state index >= 15 is 0 Å². The van der Waals surface area contributed by atoms with Gasteiger partial charge in [0.2, 0.25) is 0 Å². The van der Waals surface area contributed by atoms with E-state index in [1.54, 1.807) is 4.57 Å². The molecule has 0 bridgehead atoms. The van der Waals surface area contributed by atoms with Crippen molar-refractivity contribution < 1.29 is 4.74 Å². The van der Waals surface area contributed by atoms with Crippen LogP contribution < -0.4 is 10.3 Å². The molecule has 1 aliphatic heterocycles. The molecule has 0 unspecified atom stereocenters. The smallest absolute Gasteiger partial charge is 0.253 e. The van der Waals surface area contributed by atoms with Gasteiger partial charge in [0.25, 0.3) is 5.56 Å². The Morgan fingerprint density at radius 1 is 1.06 bits per heavy atom. The molecule has 4 rings (SSSR count). The number of pyridine rings is 1. The summed E-state index contributed by atoms with van der Waals surface area (Å²) in [6, 6.07) is 7.01. The van der Waals surface area contributed by atoms with E-state index in [0.717, 1.165) is 59.6 Å². The third-order valence-electron chi connectivity index (χ3n) is 7.10. The maximum Gasteiger partial charge on any atom is 0.253 e. The average molecular weight is 436 g/mol. The van der Waals surface area contributed by atoms with Crippen LogP contribution in [-0.4, -0.2) is 39.7 Å². The summed E-state index contributed by atoms with van der Waals surface area (Å²) in [5.41, 5.74) is 6.48. The van der Waals surface area contributed by atoms with Crippen LogP contribution in [0.3, 0.4) is 0 Å². The molecule has 0 atom stereocenters. The number of nitrogens with zero attached hydrogens (tertiary/aromatic N) is 2. The van der Waals surface area contributed by atoms with Crippen LogP contribution in [0.1, 0.15) is 63.1 Å². The van der Waals surface area contributed by atoms with E-state index in [0.29, 0.717) is 12.0 Å². The van der Waals surface area contributed by atoms with Crippen molar-refractivity contribution in [3.05, 3.63) is 51.4 Å². The van der Waals surface area contributed by atoms with Crippen molar-refractivity contribution in [1.82, 2.24) is 14.5 Å². The third kappa shape index (κ3) is 4.11. The average Bonchev–Trinajstić information content (AvgIpc) is 3.14. The number of H-pyrrole nitrogens is 1. The van der Waals surface area contributed by atoms with Gasteiger partial charge in [0.15, 0.2) is 0 Å². The van der Waals surface area contributed by atoms with E-state index in [1.807, 2.05) is 27.1 Å². The largest absolute Gasteiger partial charge is 0.490 e. The second-order valence-electron chi connectivity index (χ2n) is 9.93. The molecule has 172 valence electrons. The van der Waals surface area contributed by atoms with E-state index in [9.17, 15) is 4.79 Å². The Kier molecular flexibility index (Phi) is 6.22. The van der Waals surface area contributed by atoms with Gasteiger partial charge >= 0.3 is 0 Å². The lowest BCUT2D eigenvalue weighted by atomic mass is 9.94. The van der Waals surface area contributed by atoms with Crippen LogP contribution in [0.2, 0.25) is 0 Å². The molecule has 1 saturated heterocycles. The zero-order valence-electron chi connectivity index (χ0n) is 20.6. The van der Waals surface area contributed by atoms with Gasteiger partial charge in [0.1, 0.15) is 11.9 Å². The quantitative estimate of drug-likeness (QED) is 0.574. The van der Waals surface area contributed by atoms with Gasteiger partial charge < -0.3 is 19.2 Å². The highest BCUT2D eigenvalue weighted by Crippen LogP contribution is 2.38. The van der Waals surface area contributed by atoms with E-state index in [-0.39, 0.29) is 11.7 Å². The minimum Gasteiger partial charge on any atom is -0.490 e. The molecule has 0 aliphatic carbocycles. The van der Waals surface area contributed by atoms with E-state index in [1.165, 1.54) is 10.9 Å². The number of aromatic amines is 1. The molecule has 5 nitrogen and oxygen atoms in total. The summed E-state index contributed by atoms with van der Waals surface area (Å²) in [6.07, 6.45) is 4.38. The number of rotatable bonds is 5. The fraction of sp³-hybridized carbons (Fsp3) is 0.519. The molecule has 1 fully saturated rings. The molecule has 0 saturated carbocycles. The Labute approximate surface area is 191 Å². The lowest BCUT2D eigenvalue weighted by molar-refractivity contribution is 0.0844. The summed E-state index contributed by atoms with van der Waals surface area (Å²) in [4.78, 5) is 18.6. The molecule has 0 radical (unpaired) electrons. The Balaban J connectivity index is 1.71.